The molecule has 0 aromatic heterocycles. The van der Waals surface area contributed by atoms with Gasteiger partial charge < -0.3 is 15.3 Å². The van der Waals surface area contributed by atoms with Crippen LogP contribution in [0.2, 0.25) is 0 Å². The summed E-state index contributed by atoms with van der Waals surface area (Å²) in [4.78, 5) is 25.5. The van der Waals surface area contributed by atoms with Crippen molar-refractivity contribution in [3.05, 3.63) is 0 Å². The van der Waals surface area contributed by atoms with Gasteiger partial charge in [-0.25, -0.2) is 9.59 Å². The smallest absolute Gasteiger partial charge is 0.327 e. The molecule has 2 fully saturated rings. The van der Waals surface area contributed by atoms with Gasteiger partial charge in [0.2, 0.25) is 0 Å². The maximum Gasteiger partial charge on any atom is 0.327 e. The van der Waals surface area contributed by atoms with Gasteiger partial charge in [-0.05, 0) is 43.9 Å². The number of urea groups is 1. The summed E-state index contributed by atoms with van der Waals surface area (Å²) in [5, 5.41) is 12.5. The second-order valence-electron chi connectivity index (χ2n) is 6.96. The van der Waals surface area contributed by atoms with Crippen molar-refractivity contribution in [3.63, 3.8) is 0 Å². The van der Waals surface area contributed by atoms with Gasteiger partial charge in [-0.2, -0.15) is 0 Å². The van der Waals surface area contributed by atoms with E-state index in [-0.39, 0.29) is 17.5 Å². The van der Waals surface area contributed by atoms with Crippen molar-refractivity contribution in [2.45, 2.75) is 65.0 Å². The zero-order chi connectivity index (χ0) is 14.9. The largest absolute Gasteiger partial charge is 0.480 e. The molecule has 1 saturated heterocycles. The molecule has 2 amide bonds. The Hall–Kier alpha value is -1.26. The number of carbonyl (C=O) groups is 2. The lowest BCUT2D eigenvalue weighted by molar-refractivity contribution is -0.148. The van der Waals surface area contributed by atoms with Crippen LogP contribution in [0.3, 0.4) is 0 Å². The molecule has 0 spiro atoms. The molecule has 5 heteroatoms. The lowest BCUT2D eigenvalue weighted by Gasteiger charge is -2.44. The first-order chi connectivity index (χ1) is 9.33. The molecule has 2 aliphatic rings. The molecule has 1 aliphatic carbocycles. The van der Waals surface area contributed by atoms with Gasteiger partial charge >= 0.3 is 12.0 Å². The fourth-order valence-electron chi connectivity index (χ4n) is 3.41. The van der Waals surface area contributed by atoms with E-state index in [9.17, 15) is 14.7 Å². The predicted molar refractivity (Wildman–Crippen MR) is 76.5 cm³/mol. The third kappa shape index (κ3) is 2.91. The third-order valence-corrected chi connectivity index (χ3v) is 4.97. The molecule has 1 aliphatic heterocycles. The van der Waals surface area contributed by atoms with Crippen molar-refractivity contribution in [1.29, 1.82) is 0 Å². The second-order valence-corrected chi connectivity index (χ2v) is 6.96. The molecule has 20 heavy (non-hydrogen) atoms. The monoisotopic (exact) mass is 282 g/mol. The minimum atomic E-state index is -0.902. The van der Waals surface area contributed by atoms with Gasteiger partial charge in [-0.3, -0.25) is 0 Å². The lowest BCUT2D eigenvalue weighted by atomic mass is 9.76. The first kappa shape index (κ1) is 15.1. The van der Waals surface area contributed by atoms with Crippen LogP contribution in [0.15, 0.2) is 0 Å². The number of hydrogen-bond acceptors (Lipinski definition) is 2. The Bertz CT molecular complexity index is 391. The number of carbonyl (C=O) groups excluding carboxylic acids is 1. The Morgan fingerprint density at radius 2 is 1.95 bits per heavy atom. The number of carboxylic acids is 1. The highest BCUT2D eigenvalue weighted by molar-refractivity contribution is 5.83. The van der Waals surface area contributed by atoms with Crippen molar-refractivity contribution < 1.29 is 14.7 Å². The summed E-state index contributed by atoms with van der Waals surface area (Å²) >= 11 is 0. The summed E-state index contributed by atoms with van der Waals surface area (Å²) in [6.07, 6.45) is 5.26. The van der Waals surface area contributed by atoms with Crippen molar-refractivity contribution in [1.82, 2.24) is 10.2 Å². The van der Waals surface area contributed by atoms with Gasteiger partial charge in [0.15, 0.2) is 0 Å². The maximum atomic E-state index is 12.4. The molecular formula is C15H26N2O3. The Morgan fingerprint density at radius 3 is 2.45 bits per heavy atom. The second kappa shape index (κ2) is 5.62. The van der Waals surface area contributed by atoms with E-state index in [1.54, 1.807) is 0 Å². The number of rotatable bonds is 3. The molecule has 2 rings (SSSR count). The number of piperidine rings is 1. The quantitative estimate of drug-likeness (QED) is 0.835. The van der Waals surface area contributed by atoms with Gasteiger partial charge in [0.25, 0.3) is 0 Å². The number of nitrogens with one attached hydrogen (secondary N) is 1. The molecular weight excluding hydrogens is 256 g/mol. The van der Waals surface area contributed by atoms with E-state index in [0.717, 1.165) is 25.7 Å². The average Bonchev–Trinajstić information content (AvgIpc) is 2.23. The van der Waals surface area contributed by atoms with E-state index < -0.39 is 12.0 Å². The number of amides is 2. The van der Waals surface area contributed by atoms with Gasteiger partial charge in [0, 0.05) is 12.6 Å². The number of aliphatic carboxylic acids is 1. The van der Waals surface area contributed by atoms with Gasteiger partial charge in [0.05, 0.1) is 0 Å². The minimum absolute atomic E-state index is 0.135. The Labute approximate surface area is 120 Å². The third-order valence-electron chi connectivity index (χ3n) is 4.97. The zero-order valence-electron chi connectivity index (χ0n) is 12.7. The van der Waals surface area contributed by atoms with E-state index in [1.807, 2.05) is 20.8 Å². The predicted octanol–water partition coefficient (Wildman–Crippen LogP) is 2.46. The summed E-state index contributed by atoms with van der Waals surface area (Å²) in [6.45, 7) is 6.41. The number of hydrogen-bond donors (Lipinski definition) is 2. The van der Waals surface area contributed by atoms with Crippen LogP contribution >= 0.6 is 0 Å². The summed E-state index contributed by atoms with van der Waals surface area (Å²) in [7, 11) is 0. The summed E-state index contributed by atoms with van der Waals surface area (Å²) < 4.78 is 0. The average molecular weight is 282 g/mol. The zero-order valence-corrected chi connectivity index (χ0v) is 12.7. The normalized spacial score (nSPS) is 27.6. The first-order valence-electron chi connectivity index (χ1n) is 7.63. The van der Waals surface area contributed by atoms with Crippen molar-refractivity contribution in [3.8, 4) is 0 Å². The number of nitrogens with zero attached hydrogens (tertiary/aromatic N) is 1. The molecule has 1 heterocycles. The van der Waals surface area contributed by atoms with Gasteiger partial charge in [0.1, 0.15) is 6.04 Å². The molecule has 2 atom stereocenters. The standard InChI is InChI=1S/C15H26N2O3/c1-10(11-6-4-7-11)16-14(20)17-9-5-8-15(2,3)12(17)13(18)19/h10-12H,4-9H2,1-3H3,(H,16,20)(H,18,19). The van der Waals surface area contributed by atoms with Crippen molar-refractivity contribution >= 4 is 12.0 Å². The Balaban J connectivity index is 2.04. The Morgan fingerprint density at radius 1 is 1.30 bits per heavy atom. The number of likely N-dealkylation sites (tertiary alicyclic amines) is 1. The minimum Gasteiger partial charge on any atom is -0.480 e. The van der Waals surface area contributed by atoms with Crippen LogP contribution in [0.25, 0.3) is 0 Å². The SMILES string of the molecule is CC(NC(=O)N1CCCC(C)(C)C1C(=O)O)C1CCC1. The molecule has 0 aromatic rings. The summed E-state index contributed by atoms with van der Waals surface area (Å²) in [5.74, 6) is -0.346. The van der Waals surface area contributed by atoms with E-state index >= 15 is 0 Å². The van der Waals surface area contributed by atoms with Gasteiger partial charge in [-0.15, -0.1) is 0 Å². The van der Waals surface area contributed by atoms with E-state index in [4.69, 9.17) is 0 Å². The highest BCUT2D eigenvalue weighted by Crippen LogP contribution is 2.35. The molecule has 2 N–H and O–H groups in total. The van der Waals surface area contributed by atoms with Gasteiger partial charge in [-0.1, -0.05) is 20.3 Å². The molecule has 114 valence electrons. The van der Waals surface area contributed by atoms with Crippen molar-refractivity contribution in [2.75, 3.05) is 6.54 Å². The van der Waals surface area contributed by atoms with Crippen LogP contribution in [0.4, 0.5) is 4.79 Å². The summed E-state index contributed by atoms with van der Waals surface area (Å²) in [6, 6.07) is -0.815. The molecule has 2 unspecified atom stereocenters. The fraction of sp³-hybridized carbons (Fsp3) is 0.867. The topological polar surface area (TPSA) is 69.6 Å². The molecule has 0 aromatic carbocycles. The Kier molecular flexibility index (Phi) is 4.25. The highest BCUT2D eigenvalue weighted by atomic mass is 16.4. The first-order valence-corrected chi connectivity index (χ1v) is 7.63. The van der Waals surface area contributed by atoms with Crippen LogP contribution < -0.4 is 5.32 Å². The molecule has 0 bridgehead atoms. The molecule has 0 radical (unpaired) electrons. The van der Waals surface area contributed by atoms with E-state index in [1.165, 1.54) is 11.3 Å². The van der Waals surface area contributed by atoms with E-state index in [0.29, 0.717) is 12.5 Å². The molecule has 1 saturated carbocycles. The maximum absolute atomic E-state index is 12.4. The van der Waals surface area contributed by atoms with Crippen LogP contribution in [0, 0.1) is 11.3 Å². The van der Waals surface area contributed by atoms with Crippen LogP contribution in [-0.2, 0) is 4.79 Å². The highest BCUT2D eigenvalue weighted by Gasteiger charge is 2.45. The fourth-order valence-corrected chi connectivity index (χ4v) is 3.41. The van der Waals surface area contributed by atoms with Crippen molar-refractivity contribution in [2.24, 2.45) is 11.3 Å². The molecule has 5 nitrogen and oxygen atoms in total. The van der Waals surface area contributed by atoms with Crippen LogP contribution in [-0.4, -0.2) is 40.6 Å². The van der Waals surface area contributed by atoms with Crippen LogP contribution in [0.1, 0.15) is 52.9 Å². The summed E-state index contributed by atoms with van der Waals surface area (Å²) in [5.41, 5.74) is -0.374. The number of carboxylic acid groups (broad SMARTS) is 1. The lowest BCUT2D eigenvalue weighted by Crippen LogP contribution is -2.60. The van der Waals surface area contributed by atoms with Crippen LogP contribution in [0.5, 0.6) is 0 Å². The van der Waals surface area contributed by atoms with E-state index in [2.05, 4.69) is 5.32 Å².